The highest BCUT2D eigenvalue weighted by atomic mass is 28.4. The molecule has 0 aliphatic heterocycles. The van der Waals surface area contributed by atoms with Crippen LogP contribution in [0.1, 0.15) is 20.8 Å². The molecule has 0 spiro atoms. The summed E-state index contributed by atoms with van der Waals surface area (Å²) in [6.45, 7) is 8.53. The van der Waals surface area contributed by atoms with Crippen molar-refractivity contribution in [3.8, 4) is 5.75 Å². The third-order valence-corrected chi connectivity index (χ3v) is 8.28. The van der Waals surface area contributed by atoms with Crippen LogP contribution in [-0.4, -0.2) is 32.2 Å². The van der Waals surface area contributed by atoms with Gasteiger partial charge in [-0.2, -0.15) is 13.2 Å². The van der Waals surface area contributed by atoms with Crippen LogP contribution in [0.25, 0.3) is 0 Å². The molecule has 0 amide bonds. The lowest BCUT2D eigenvalue weighted by atomic mass is 10.2. The zero-order chi connectivity index (χ0) is 17.2. The van der Waals surface area contributed by atoms with Crippen LogP contribution < -0.4 is 10.5 Å². The van der Waals surface area contributed by atoms with Crippen LogP contribution in [0.4, 0.5) is 19.0 Å². The van der Waals surface area contributed by atoms with E-state index in [1.807, 2.05) is 20.8 Å². The van der Waals surface area contributed by atoms with Crippen molar-refractivity contribution < 1.29 is 22.3 Å². The summed E-state index contributed by atoms with van der Waals surface area (Å²) < 4.78 is 50.3. The molecule has 0 saturated heterocycles. The van der Waals surface area contributed by atoms with Crippen LogP contribution in [0.15, 0.2) is 18.3 Å². The molecule has 22 heavy (non-hydrogen) atoms. The van der Waals surface area contributed by atoms with Crippen LogP contribution in [0, 0.1) is 0 Å². The Morgan fingerprint density at radius 1 is 1.27 bits per heavy atom. The van der Waals surface area contributed by atoms with Crippen molar-refractivity contribution in [1.82, 2.24) is 4.98 Å². The molecule has 1 aromatic rings. The number of aromatic nitrogens is 1. The molecule has 0 aliphatic carbocycles. The van der Waals surface area contributed by atoms with Crippen molar-refractivity contribution in [2.75, 3.05) is 12.3 Å². The van der Waals surface area contributed by atoms with Gasteiger partial charge < -0.3 is 14.9 Å². The molecule has 126 valence electrons. The first-order valence-electron chi connectivity index (χ1n) is 6.92. The van der Waals surface area contributed by atoms with E-state index in [1.54, 1.807) is 19.2 Å². The number of ether oxygens (including phenoxy) is 1. The van der Waals surface area contributed by atoms with Gasteiger partial charge in [0.25, 0.3) is 0 Å². The quantitative estimate of drug-likeness (QED) is 0.826. The first-order valence-corrected chi connectivity index (χ1v) is 9.83. The highest BCUT2D eigenvalue weighted by Crippen LogP contribution is 2.39. The zero-order valence-electron chi connectivity index (χ0n) is 13.5. The first kappa shape index (κ1) is 18.8. The van der Waals surface area contributed by atoms with Crippen LogP contribution >= 0.6 is 0 Å². The molecule has 0 radical (unpaired) electrons. The van der Waals surface area contributed by atoms with Gasteiger partial charge in [0.05, 0.1) is 0 Å². The van der Waals surface area contributed by atoms with E-state index >= 15 is 0 Å². The van der Waals surface area contributed by atoms with Crippen LogP contribution in [-0.2, 0) is 4.43 Å². The number of nitrogens with zero attached hydrogens (tertiary/aromatic N) is 1. The Morgan fingerprint density at radius 3 is 2.32 bits per heavy atom. The topological polar surface area (TPSA) is 57.4 Å². The number of pyridine rings is 1. The molecule has 8 heteroatoms. The maximum Gasteiger partial charge on any atom is 0.416 e. The Morgan fingerprint density at radius 2 is 1.86 bits per heavy atom. The van der Waals surface area contributed by atoms with Gasteiger partial charge >= 0.3 is 6.18 Å². The summed E-state index contributed by atoms with van der Waals surface area (Å²) in [6.07, 6.45) is -5.06. The molecular weight excluding hydrogens is 313 g/mol. The van der Waals surface area contributed by atoms with E-state index in [4.69, 9.17) is 14.9 Å². The second-order valence-electron chi connectivity index (χ2n) is 6.61. The third-order valence-electron chi connectivity index (χ3n) is 3.80. The molecule has 0 aromatic carbocycles. The van der Waals surface area contributed by atoms with E-state index in [9.17, 15) is 13.2 Å². The lowest BCUT2D eigenvalue weighted by Gasteiger charge is -2.39. The molecule has 2 N–H and O–H groups in total. The zero-order valence-corrected chi connectivity index (χ0v) is 14.5. The van der Waals surface area contributed by atoms with E-state index in [1.165, 1.54) is 12.3 Å². The number of hydrogen-bond donors (Lipinski definition) is 1. The van der Waals surface area contributed by atoms with Crippen LogP contribution in [0.3, 0.4) is 0 Å². The predicted molar refractivity (Wildman–Crippen MR) is 82.3 cm³/mol. The summed E-state index contributed by atoms with van der Waals surface area (Å²) in [5.74, 6) is 0.173. The summed E-state index contributed by atoms with van der Waals surface area (Å²) in [6, 6.07) is 3.02. The molecule has 1 unspecified atom stereocenters. The Bertz CT molecular complexity index is 502. The second kappa shape index (κ2) is 6.45. The van der Waals surface area contributed by atoms with Crippen molar-refractivity contribution in [2.45, 2.75) is 51.2 Å². The van der Waals surface area contributed by atoms with E-state index in [0.29, 0.717) is 0 Å². The van der Waals surface area contributed by atoms with Gasteiger partial charge in [-0.15, -0.1) is 0 Å². The van der Waals surface area contributed by atoms with E-state index in [2.05, 4.69) is 4.98 Å². The molecular formula is C14H23F3N2O2Si. The average molecular weight is 336 g/mol. The van der Waals surface area contributed by atoms with E-state index in [0.717, 1.165) is 0 Å². The largest absolute Gasteiger partial charge is 0.487 e. The lowest BCUT2D eigenvalue weighted by Crippen LogP contribution is -2.50. The smallest absolute Gasteiger partial charge is 0.416 e. The fraction of sp³-hybridized carbons (Fsp3) is 0.643. The number of halogens is 3. The Labute approximate surface area is 130 Å². The fourth-order valence-electron chi connectivity index (χ4n) is 1.42. The van der Waals surface area contributed by atoms with Gasteiger partial charge in [-0.05, 0) is 30.3 Å². The SMILES string of the molecule is CC(C)(C)[Si](C)(C)OC(COc1cccnc1N)C(F)(F)F. The molecule has 1 rings (SSSR count). The second-order valence-corrected chi connectivity index (χ2v) is 11.4. The van der Waals surface area contributed by atoms with Gasteiger partial charge in [0, 0.05) is 6.20 Å². The van der Waals surface area contributed by atoms with Crippen LogP contribution in [0.5, 0.6) is 5.75 Å². The molecule has 1 heterocycles. The summed E-state index contributed by atoms with van der Waals surface area (Å²) in [4.78, 5) is 3.77. The normalized spacial score (nSPS) is 14.7. The minimum absolute atomic E-state index is 0.0516. The summed E-state index contributed by atoms with van der Waals surface area (Å²) in [7, 11) is -2.58. The molecule has 0 bridgehead atoms. The maximum atomic E-state index is 13.2. The Balaban J connectivity index is 2.85. The minimum atomic E-state index is -4.51. The minimum Gasteiger partial charge on any atom is -0.487 e. The van der Waals surface area contributed by atoms with Gasteiger partial charge in [-0.3, -0.25) is 0 Å². The highest BCUT2D eigenvalue weighted by molar-refractivity contribution is 6.74. The summed E-state index contributed by atoms with van der Waals surface area (Å²) in [5, 5.41) is -0.330. The summed E-state index contributed by atoms with van der Waals surface area (Å²) in [5.41, 5.74) is 5.56. The van der Waals surface area contributed by atoms with Crippen LogP contribution in [0.2, 0.25) is 18.1 Å². The van der Waals surface area contributed by atoms with Gasteiger partial charge in [0.2, 0.25) is 0 Å². The van der Waals surface area contributed by atoms with Crippen molar-refractivity contribution in [3.63, 3.8) is 0 Å². The Hall–Kier alpha value is -1.28. The molecule has 0 fully saturated rings. The molecule has 0 saturated carbocycles. The Kier molecular flexibility index (Phi) is 5.50. The lowest BCUT2D eigenvalue weighted by molar-refractivity contribution is -0.205. The van der Waals surface area contributed by atoms with Crippen molar-refractivity contribution in [3.05, 3.63) is 18.3 Å². The number of alkyl halides is 3. The molecule has 0 aliphatic rings. The van der Waals surface area contributed by atoms with Gasteiger partial charge in [0.15, 0.2) is 26.0 Å². The van der Waals surface area contributed by atoms with E-state index in [-0.39, 0.29) is 16.6 Å². The van der Waals surface area contributed by atoms with E-state index < -0.39 is 27.2 Å². The van der Waals surface area contributed by atoms with Crippen molar-refractivity contribution >= 4 is 14.1 Å². The standard InChI is InChI=1S/C14H23F3N2O2Si/c1-13(2,3)22(4,5)21-11(14(15,16)17)9-20-10-7-6-8-19-12(10)18/h6-8,11H,9H2,1-5H3,(H2,18,19). The van der Waals surface area contributed by atoms with Gasteiger partial charge in [-0.25, -0.2) is 4.98 Å². The van der Waals surface area contributed by atoms with Gasteiger partial charge in [0.1, 0.15) is 6.61 Å². The van der Waals surface area contributed by atoms with Gasteiger partial charge in [-0.1, -0.05) is 20.8 Å². The number of rotatable bonds is 5. The van der Waals surface area contributed by atoms with Crippen molar-refractivity contribution in [1.29, 1.82) is 0 Å². The fourth-order valence-corrected chi connectivity index (χ4v) is 2.68. The maximum absolute atomic E-state index is 13.2. The van der Waals surface area contributed by atoms with Crippen molar-refractivity contribution in [2.24, 2.45) is 0 Å². The number of nitrogens with two attached hydrogens (primary N) is 1. The number of anilines is 1. The molecule has 1 atom stereocenters. The predicted octanol–water partition coefficient (Wildman–Crippen LogP) is 4.00. The molecule has 4 nitrogen and oxygen atoms in total. The number of nitrogen functional groups attached to an aromatic ring is 1. The number of hydrogen-bond acceptors (Lipinski definition) is 4. The first-order chi connectivity index (χ1) is 9.84. The monoisotopic (exact) mass is 336 g/mol. The highest BCUT2D eigenvalue weighted by Gasteiger charge is 2.48. The summed E-state index contributed by atoms with van der Waals surface area (Å²) >= 11 is 0. The third kappa shape index (κ3) is 4.87. The molecule has 1 aromatic heterocycles. The average Bonchev–Trinajstić information content (AvgIpc) is 2.33.